The Balaban J connectivity index is 1.38. The molecule has 0 saturated carbocycles. The molecular formula is C25H22N6O4. The molecule has 1 aromatic carbocycles. The van der Waals surface area contributed by atoms with Gasteiger partial charge in [-0.25, -0.2) is 9.67 Å². The van der Waals surface area contributed by atoms with Crippen molar-refractivity contribution in [3.8, 4) is 17.2 Å². The van der Waals surface area contributed by atoms with Gasteiger partial charge in [-0.2, -0.15) is 0 Å². The van der Waals surface area contributed by atoms with E-state index in [0.717, 1.165) is 24.2 Å². The number of hydrogen-bond acceptors (Lipinski definition) is 6. The Morgan fingerprint density at radius 2 is 1.83 bits per heavy atom. The summed E-state index contributed by atoms with van der Waals surface area (Å²) in [6.45, 7) is 0.670. The summed E-state index contributed by atoms with van der Waals surface area (Å²) in [5, 5.41) is 2.73. The average molecular weight is 470 g/mol. The number of amides is 2. The van der Waals surface area contributed by atoms with Gasteiger partial charge in [0.1, 0.15) is 28.6 Å². The molecule has 3 aromatic heterocycles. The van der Waals surface area contributed by atoms with Crippen LogP contribution in [0.2, 0.25) is 0 Å². The highest BCUT2D eigenvalue weighted by Crippen LogP contribution is 2.23. The van der Waals surface area contributed by atoms with Gasteiger partial charge in [0.25, 0.3) is 17.4 Å². The summed E-state index contributed by atoms with van der Waals surface area (Å²) in [5.74, 6) is -0.134. The van der Waals surface area contributed by atoms with Crippen molar-refractivity contribution in [1.29, 1.82) is 0 Å². The lowest BCUT2D eigenvalue weighted by atomic mass is 10.1. The quantitative estimate of drug-likeness (QED) is 0.445. The Morgan fingerprint density at radius 1 is 1.00 bits per heavy atom. The third kappa shape index (κ3) is 4.41. The van der Waals surface area contributed by atoms with Gasteiger partial charge in [-0.05, 0) is 49.6 Å². The number of carbonyl (C=O) groups is 2. The van der Waals surface area contributed by atoms with Gasteiger partial charge in [0.2, 0.25) is 0 Å². The molecule has 0 bridgehead atoms. The molecule has 5 rings (SSSR count). The highest BCUT2D eigenvalue weighted by atomic mass is 16.5. The molecule has 10 nitrogen and oxygen atoms in total. The number of rotatable bonds is 6. The summed E-state index contributed by atoms with van der Waals surface area (Å²) in [5.41, 5.74) is 6.55. The van der Waals surface area contributed by atoms with Gasteiger partial charge in [0, 0.05) is 18.8 Å². The Labute approximate surface area is 200 Å². The zero-order chi connectivity index (χ0) is 24.4. The van der Waals surface area contributed by atoms with Crippen molar-refractivity contribution in [2.24, 2.45) is 5.73 Å². The van der Waals surface area contributed by atoms with Gasteiger partial charge < -0.3 is 15.8 Å². The number of ether oxygens (including phenoxy) is 1. The molecule has 0 aliphatic carbocycles. The highest BCUT2D eigenvalue weighted by molar-refractivity contribution is 6.04. The molecule has 0 spiro atoms. The van der Waals surface area contributed by atoms with Crippen LogP contribution in [-0.2, 0) is 13.0 Å². The van der Waals surface area contributed by atoms with Gasteiger partial charge in [0.15, 0.2) is 0 Å². The van der Waals surface area contributed by atoms with Gasteiger partial charge in [-0.3, -0.25) is 24.0 Å². The zero-order valence-electron chi connectivity index (χ0n) is 18.7. The van der Waals surface area contributed by atoms with Crippen molar-refractivity contribution in [3.05, 3.63) is 94.3 Å². The second kappa shape index (κ2) is 9.26. The molecule has 4 heterocycles. The Morgan fingerprint density at radius 3 is 2.57 bits per heavy atom. The molecule has 1 aliphatic rings. The standard InChI is InChI=1S/C25H22N6O4/c26-23(32)19-14-17(11-12-27-19)35-18-9-10-21(28-15-18)29-24(33)22-20-8-4-5-13-30(20)31(25(22)34)16-6-2-1-3-7-16/h1-3,6-7,9-12,14-15H,4-5,8,13H2,(H2,26,32)(H,28,29,33). The van der Waals surface area contributed by atoms with Crippen LogP contribution in [0, 0.1) is 0 Å². The first kappa shape index (κ1) is 22.1. The second-order valence-electron chi connectivity index (χ2n) is 8.03. The van der Waals surface area contributed by atoms with Crippen molar-refractivity contribution in [2.45, 2.75) is 25.8 Å². The van der Waals surface area contributed by atoms with E-state index in [4.69, 9.17) is 10.5 Å². The summed E-state index contributed by atoms with van der Waals surface area (Å²) < 4.78 is 9.15. The summed E-state index contributed by atoms with van der Waals surface area (Å²) >= 11 is 0. The first-order valence-electron chi connectivity index (χ1n) is 11.1. The highest BCUT2D eigenvalue weighted by Gasteiger charge is 2.27. The van der Waals surface area contributed by atoms with Crippen molar-refractivity contribution >= 4 is 17.6 Å². The zero-order valence-corrected chi connectivity index (χ0v) is 18.7. The summed E-state index contributed by atoms with van der Waals surface area (Å²) in [7, 11) is 0. The van der Waals surface area contributed by atoms with Gasteiger partial charge in [0.05, 0.1) is 17.6 Å². The van der Waals surface area contributed by atoms with E-state index in [1.165, 1.54) is 18.5 Å². The van der Waals surface area contributed by atoms with Crippen LogP contribution in [0.4, 0.5) is 5.82 Å². The summed E-state index contributed by atoms with van der Waals surface area (Å²) in [6.07, 6.45) is 5.35. The van der Waals surface area contributed by atoms with Crippen LogP contribution < -0.4 is 21.3 Å². The molecule has 0 atom stereocenters. The Bertz CT molecular complexity index is 1460. The average Bonchev–Trinajstić information content (AvgIpc) is 3.17. The molecule has 1 aliphatic heterocycles. The number of para-hydroxylation sites is 1. The van der Waals surface area contributed by atoms with Crippen LogP contribution in [-0.4, -0.2) is 31.1 Å². The van der Waals surface area contributed by atoms with E-state index in [2.05, 4.69) is 15.3 Å². The third-order valence-electron chi connectivity index (χ3n) is 5.71. The Hall–Kier alpha value is -4.73. The maximum atomic E-state index is 13.3. The van der Waals surface area contributed by atoms with Gasteiger partial charge >= 0.3 is 0 Å². The lowest BCUT2D eigenvalue weighted by Gasteiger charge is -2.19. The maximum absolute atomic E-state index is 13.3. The number of carbonyl (C=O) groups excluding carboxylic acids is 2. The topological polar surface area (TPSA) is 134 Å². The minimum Gasteiger partial charge on any atom is -0.456 e. The number of benzene rings is 1. The lowest BCUT2D eigenvalue weighted by molar-refractivity contribution is 0.0992. The van der Waals surface area contributed by atoms with Crippen molar-refractivity contribution in [2.75, 3.05) is 5.32 Å². The number of aromatic nitrogens is 4. The SMILES string of the molecule is NC(=O)c1cc(Oc2ccc(NC(=O)c3c4n(n(-c5ccccc5)c3=O)CCCC4)nc2)ccn1. The number of nitrogens with zero attached hydrogens (tertiary/aromatic N) is 4. The largest absolute Gasteiger partial charge is 0.456 e. The summed E-state index contributed by atoms with van der Waals surface area (Å²) in [4.78, 5) is 45.9. The third-order valence-corrected chi connectivity index (χ3v) is 5.71. The fourth-order valence-corrected chi connectivity index (χ4v) is 4.12. The van der Waals surface area contributed by atoms with E-state index in [1.54, 1.807) is 22.9 Å². The van der Waals surface area contributed by atoms with Crippen molar-refractivity contribution in [3.63, 3.8) is 0 Å². The fourth-order valence-electron chi connectivity index (χ4n) is 4.12. The molecule has 2 amide bonds. The smallest absolute Gasteiger partial charge is 0.284 e. The molecule has 35 heavy (non-hydrogen) atoms. The molecule has 176 valence electrons. The Kier molecular flexibility index (Phi) is 5.84. The van der Waals surface area contributed by atoms with E-state index in [0.29, 0.717) is 24.5 Å². The van der Waals surface area contributed by atoms with Gasteiger partial charge in [-0.1, -0.05) is 18.2 Å². The predicted octanol–water partition coefficient (Wildman–Crippen LogP) is 2.91. The molecule has 0 unspecified atom stereocenters. The second-order valence-corrected chi connectivity index (χ2v) is 8.03. The van der Waals surface area contributed by atoms with Crippen LogP contribution in [0.5, 0.6) is 11.5 Å². The molecular weight excluding hydrogens is 448 g/mol. The molecule has 0 fully saturated rings. The van der Waals surface area contributed by atoms with Gasteiger partial charge in [-0.15, -0.1) is 0 Å². The fraction of sp³-hybridized carbons (Fsp3) is 0.160. The molecule has 10 heteroatoms. The number of anilines is 1. The molecule has 3 N–H and O–H groups in total. The molecule has 4 aromatic rings. The predicted molar refractivity (Wildman–Crippen MR) is 128 cm³/mol. The van der Waals surface area contributed by atoms with Crippen LogP contribution in [0.1, 0.15) is 39.4 Å². The van der Waals surface area contributed by atoms with Crippen LogP contribution in [0.25, 0.3) is 5.69 Å². The number of hydrogen-bond donors (Lipinski definition) is 2. The maximum Gasteiger partial charge on any atom is 0.284 e. The van der Waals surface area contributed by atoms with Crippen LogP contribution in [0.15, 0.2) is 71.8 Å². The first-order chi connectivity index (χ1) is 17.0. The monoisotopic (exact) mass is 470 g/mol. The van der Waals surface area contributed by atoms with Crippen LogP contribution in [0.3, 0.4) is 0 Å². The normalized spacial score (nSPS) is 12.6. The van der Waals surface area contributed by atoms with E-state index in [1.807, 2.05) is 35.0 Å². The molecule has 0 radical (unpaired) electrons. The van der Waals surface area contributed by atoms with E-state index >= 15 is 0 Å². The van der Waals surface area contributed by atoms with Crippen molar-refractivity contribution < 1.29 is 14.3 Å². The minimum absolute atomic E-state index is 0.0800. The van der Waals surface area contributed by atoms with Crippen molar-refractivity contribution in [1.82, 2.24) is 19.3 Å². The summed E-state index contributed by atoms with van der Waals surface area (Å²) in [6, 6.07) is 15.5. The number of fused-ring (bicyclic) bond motifs is 1. The number of nitrogens with one attached hydrogen (secondary N) is 1. The number of pyridine rings is 2. The first-order valence-corrected chi connectivity index (χ1v) is 11.1. The van der Waals surface area contributed by atoms with E-state index in [-0.39, 0.29) is 22.6 Å². The number of primary amides is 1. The van der Waals surface area contributed by atoms with E-state index < -0.39 is 11.8 Å². The minimum atomic E-state index is -0.661. The molecule has 0 saturated heterocycles. The number of nitrogens with two attached hydrogens (primary N) is 1. The van der Waals surface area contributed by atoms with Crippen LogP contribution >= 0.6 is 0 Å². The lowest BCUT2D eigenvalue weighted by Crippen LogP contribution is -2.26. The van der Waals surface area contributed by atoms with E-state index in [9.17, 15) is 14.4 Å².